The van der Waals surface area contributed by atoms with Gasteiger partial charge in [-0.3, -0.25) is 0 Å². The normalized spacial score (nSPS) is 26.4. The second-order valence-corrected chi connectivity index (χ2v) is 11.8. The fourth-order valence-electron chi connectivity index (χ4n) is 5.96. The fourth-order valence-corrected chi connectivity index (χ4v) is 5.96. The topological polar surface area (TPSA) is 65.0 Å². The van der Waals surface area contributed by atoms with Gasteiger partial charge in [-0.2, -0.15) is 0 Å². The van der Waals surface area contributed by atoms with Crippen LogP contribution < -0.4 is 0 Å². The van der Waals surface area contributed by atoms with E-state index in [4.69, 9.17) is 14.2 Å². The SMILES string of the molecule is CC(c1ccccc1)[C@H](O)/C=C/[C@@H]1[C@@H]2C[C@@](c3ccc(F)cc3)(CO2)[C@H]1C/C=C\COCC(=O)OC(C)(C)C. The number of fused-ring (bicyclic) bond motifs is 2. The molecule has 0 spiro atoms. The number of esters is 1. The zero-order chi connectivity index (χ0) is 28.0. The molecule has 210 valence electrons. The third kappa shape index (κ3) is 7.24. The summed E-state index contributed by atoms with van der Waals surface area (Å²) in [5, 5.41) is 11.0. The molecule has 2 aromatic carbocycles. The Hall–Kier alpha value is -2.80. The predicted octanol–water partition coefficient (Wildman–Crippen LogP) is 6.12. The van der Waals surface area contributed by atoms with Crippen LogP contribution in [-0.2, 0) is 24.4 Å². The minimum absolute atomic E-state index is 0.0338. The zero-order valence-electron chi connectivity index (χ0n) is 23.4. The van der Waals surface area contributed by atoms with Crippen molar-refractivity contribution in [2.75, 3.05) is 19.8 Å². The lowest BCUT2D eigenvalue weighted by molar-refractivity contribution is -0.159. The van der Waals surface area contributed by atoms with Gasteiger partial charge in [0.2, 0.25) is 0 Å². The number of aliphatic hydroxyl groups is 1. The number of rotatable bonds is 11. The third-order valence-corrected chi connectivity index (χ3v) is 7.92. The Bertz CT molecular complexity index is 1140. The van der Waals surface area contributed by atoms with Crippen LogP contribution in [0.2, 0.25) is 0 Å². The van der Waals surface area contributed by atoms with Gasteiger partial charge in [-0.25, -0.2) is 9.18 Å². The molecule has 1 aliphatic carbocycles. The first kappa shape index (κ1) is 29.2. The van der Waals surface area contributed by atoms with E-state index in [2.05, 4.69) is 12.2 Å². The first-order valence-corrected chi connectivity index (χ1v) is 13.8. The Morgan fingerprint density at radius 1 is 1.15 bits per heavy atom. The highest BCUT2D eigenvalue weighted by molar-refractivity contribution is 5.71. The number of carbonyl (C=O) groups is 1. The molecule has 1 heterocycles. The highest BCUT2D eigenvalue weighted by Gasteiger charge is 2.58. The molecule has 0 radical (unpaired) electrons. The minimum atomic E-state index is -0.620. The molecule has 39 heavy (non-hydrogen) atoms. The number of allylic oxidation sites excluding steroid dienone is 1. The molecular formula is C33H41FO5. The lowest BCUT2D eigenvalue weighted by Gasteiger charge is -2.38. The summed E-state index contributed by atoms with van der Waals surface area (Å²) < 4.78 is 30.8. The van der Waals surface area contributed by atoms with Crippen molar-refractivity contribution in [1.82, 2.24) is 0 Å². The Morgan fingerprint density at radius 3 is 2.56 bits per heavy atom. The quantitative estimate of drug-likeness (QED) is 0.213. The van der Waals surface area contributed by atoms with Crippen molar-refractivity contribution in [2.24, 2.45) is 11.8 Å². The molecule has 2 aromatic rings. The van der Waals surface area contributed by atoms with Crippen LogP contribution in [0.5, 0.6) is 0 Å². The average Bonchev–Trinajstić information content (AvgIpc) is 3.46. The number of ether oxygens (including phenoxy) is 3. The van der Waals surface area contributed by atoms with Crippen molar-refractivity contribution >= 4 is 5.97 Å². The smallest absolute Gasteiger partial charge is 0.332 e. The van der Waals surface area contributed by atoms with Crippen molar-refractivity contribution in [2.45, 2.75) is 69.7 Å². The highest BCUT2D eigenvalue weighted by Crippen LogP contribution is 2.57. The van der Waals surface area contributed by atoms with Gasteiger partial charge in [0, 0.05) is 17.3 Å². The zero-order valence-corrected chi connectivity index (χ0v) is 23.4. The van der Waals surface area contributed by atoms with Crippen LogP contribution in [0.4, 0.5) is 4.39 Å². The molecule has 6 atom stereocenters. The summed E-state index contributed by atoms with van der Waals surface area (Å²) in [6.07, 6.45) is 9.09. The summed E-state index contributed by atoms with van der Waals surface area (Å²) in [5.41, 5.74) is 1.40. The number of hydrogen-bond acceptors (Lipinski definition) is 5. The maximum atomic E-state index is 13.8. The van der Waals surface area contributed by atoms with E-state index in [0.717, 1.165) is 24.0 Å². The van der Waals surface area contributed by atoms with Crippen LogP contribution in [0.3, 0.4) is 0 Å². The molecule has 5 nitrogen and oxygen atoms in total. The average molecular weight is 537 g/mol. The summed E-state index contributed by atoms with van der Waals surface area (Å²) in [7, 11) is 0. The Kier molecular flexibility index (Phi) is 9.42. The van der Waals surface area contributed by atoms with Crippen LogP contribution in [-0.4, -0.2) is 48.7 Å². The van der Waals surface area contributed by atoms with Gasteiger partial charge in [0.25, 0.3) is 0 Å². The molecule has 1 aliphatic heterocycles. The second kappa shape index (κ2) is 12.6. The number of aliphatic hydroxyl groups excluding tert-OH is 1. The van der Waals surface area contributed by atoms with Crippen LogP contribution >= 0.6 is 0 Å². The first-order chi connectivity index (χ1) is 18.6. The van der Waals surface area contributed by atoms with E-state index < -0.39 is 11.7 Å². The van der Waals surface area contributed by atoms with E-state index in [0.29, 0.717) is 13.2 Å². The second-order valence-electron chi connectivity index (χ2n) is 11.8. The van der Waals surface area contributed by atoms with E-state index in [1.54, 1.807) is 0 Å². The van der Waals surface area contributed by atoms with Crippen molar-refractivity contribution < 1.29 is 28.5 Å². The van der Waals surface area contributed by atoms with Crippen LogP contribution in [0.15, 0.2) is 78.9 Å². The Labute approximate surface area is 231 Å². The Balaban J connectivity index is 1.46. The van der Waals surface area contributed by atoms with Gasteiger partial charge < -0.3 is 19.3 Å². The highest BCUT2D eigenvalue weighted by atomic mass is 19.1. The molecule has 1 unspecified atom stereocenters. The van der Waals surface area contributed by atoms with E-state index in [1.807, 2.05) is 82.3 Å². The van der Waals surface area contributed by atoms with E-state index in [-0.39, 0.29) is 47.7 Å². The predicted molar refractivity (Wildman–Crippen MR) is 150 cm³/mol. The standard InChI is InChI=1S/C33H41FO5/c1-23(24-10-6-5-7-11-24)29(35)18-17-27-28(12-8-9-19-37-21-31(36)39-32(2,3)4)33(20-30(27)38-22-33)25-13-15-26(34)16-14-25/h5-11,13-18,23,27-30,35H,12,19-22H2,1-4H3/b9-8-,18-17+/t23?,27-,28-,29+,30-,33-/m0/s1. The molecule has 6 heteroatoms. The summed E-state index contributed by atoms with van der Waals surface area (Å²) >= 11 is 0. The molecule has 1 N–H and O–H groups in total. The van der Waals surface area contributed by atoms with Gasteiger partial charge in [0.05, 0.1) is 25.4 Å². The van der Waals surface area contributed by atoms with Gasteiger partial charge in [-0.1, -0.05) is 73.7 Å². The first-order valence-electron chi connectivity index (χ1n) is 13.8. The molecule has 1 saturated carbocycles. The maximum Gasteiger partial charge on any atom is 0.332 e. The molecule has 2 aliphatic rings. The van der Waals surface area contributed by atoms with E-state index in [1.165, 1.54) is 12.1 Å². The maximum absolute atomic E-state index is 13.8. The summed E-state index contributed by atoms with van der Waals surface area (Å²) in [6.45, 7) is 8.31. The largest absolute Gasteiger partial charge is 0.458 e. The van der Waals surface area contributed by atoms with Crippen molar-refractivity contribution in [3.63, 3.8) is 0 Å². The summed E-state index contributed by atoms with van der Waals surface area (Å²) in [4.78, 5) is 11.9. The van der Waals surface area contributed by atoms with Gasteiger partial charge >= 0.3 is 5.97 Å². The van der Waals surface area contributed by atoms with Crippen molar-refractivity contribution in [1.29, 1.82) is 0 Å². The van der Waals surface area contributed by atoms with Gasteiger partial charge in [-0.15, -0.1) is 0 Å². The lowest BCUT2D eigenvalue weighted by Crippen LogP contribution is -2.39. The lowest BCUT2D eigenvalue weighted by atomic mass is 9.69. The van der Waals surface area contributed by atoms with Crippen LogP contribution in [0.1, 0.15) is 57.6 Å². The summed E-state index contributed by atoms with van der Waals surface area (Å²) in [5.74, 6) is -0.358. The minimum Gasteiger partial charge on any atom is -0.458 e. The molecular weight excluding hydrogens is 495 g/mol. The van der Waals surface area contributed by atoms with Gasteiger partial charge in [0.15, 0.2) is 0 Å². The van der Waals surface area contributed by atoms with Crippen LogP contribution in [0, 0.1) is 17.7 Å². The van der Waals surface area contributed by atoms with E-state index >= 15 is 0 Å². The molecule has 0 amide bonds. The Morgan fingerprint density at radius 2 is 1.87 bits per heavy atom. The molecule has 0 aromatic heterocycles. The third-order valence-electron chi connectivity index (χ3n) is 7.92. The fraction of sp³-hybridized carbons (Fsp3) is 0.485. The molecule has 2 fully saturated rings. The van der Waals surface area contributed by atoms with Crippen molar-refractivity contribution in [3.05, 3.63) is 95.8 Å². The molecule has 2 bridgehead atoms. The summed E-state index contributed by atoms with van der Waals surface area (Å²) in [6, 6.07) is 16.8. The molecule has 4 rings (SSSR count). The number of carbonyl (C=O) groups excluding carboxylic acids is 1. The number of benzene rings is 2. The molecule has 1 saturated heterocycles. The van der Waals surface area contributed by atoms with Gasteiger partial charge in [-0.05, 0) is 62.8 Å². The monoisotopic (exact) mass is 536 g/mol. The van der Waals surface area contributed by atoms with Gasteiger partial charge in [0.1, 0.15) is 18.0 Å². The van der Waals surface area contributed by atoms with E-state index in [9.17, 15) is 14.3 Å². The number of halogens is 1. The van der Waals surface area contributed by atoms with Crippen LogP contribution in [0.25, 0.3) is 0 Å². The number of hydrogen-bond donors (Lipinski definition) is 1. The van der Waals surface area contributed by atoms with Crippen molar-refractivity contribution in [3.8, 4) is 0 Å².